The number of nitro benzene ring substituents is 1. The van der Waals surface area contributed by atoms with Crippen molar-refractivity contribution in [2.75, 3.05) is 31.6 Å². The smallest absolute Gasteiger partial charge is 0.271 e. The molecule has 28 heavy (non-hydrogen) atoms. The maximum Gasteiger partial charge on any atom is 0.271 e. The van der Waals surface area contributed by atoms with Gasteiger partial charge in [-0.25, -0.2) is 0 Å². The highest BCUT2D eigenvalue weighted by Crippen LogP contribution is 2.26. The molecule has 3 rings (SSSR count). The number of benzene rings is 2. The molecule has 1 fully saturated rings. The summed E-state index contributed by atoms with van der Waals surface area (Å²) >= 11 is 11.3. The second-order valence-electron chi connectivity index (χ2n) is 6.58. The lowest BCUT2D eigenvalue weighted by Crippen LogP contribution is -3.12. The first-order chi connectivity index (χ1) is 13.5. The van der Waals surface area contributed by atoms with E-state index in [2.05, 4.69) is 34.9 Å². The molecule has 1 heterocycles. The molecule has 0 aromatic heterocycles. The molecule has 7 nitrogen and oxygen atoms in total. The van der Waals surface area contributed by atoms with Crippen LogP contribution in [0.25, 0.3) is 0 Å². The van der Waals surface area contributed by atoms with E-state index in [1.807, 2.05) is 0 Å². The molecular formula is C19H22ClN4O3S+. The van der Waals surface area contributed by atoms with E-state index in [0.717, 1.165) is 38.4 Å². The lowest BCUT2D eigenvalue weighted by Gasteiger charge is -2.23. The largest absolute Gasteiger partial charge is 0.370 e. The van der Waals surface area contributed by atoms with Crippen LogP contribution in [0.2, 0.25) is 5.02 Å². The molecule has 0 unspecified atom stereocenters. The summed E-state index contributed by atoms with van der Waals surface area (Å²) in [5, 5.41) is 17.6. The quantitative estimate of drug-likeness (QED) is 0.377. The fourth-order valence-electron chi connectivity index (χ4n) is 2.97. The third-order valence-electron chi connectivity index (χ3n) is 4.54. The van der Waals surface area contributed by atoms with Crippen molar-refractivity contribution in [2.24, 2.45) is 0 Å². The molecular weight excluding hydrogens is 400 g/mol. The summed E-state index contributed by atoms with van der Waals surface area (Å²) in [6.45, 7) is 5.30. The lowest BCUT2D eigenvalue weighted by molar-refractivity contribution is -0.921. The number of nitrogens with one attached hydrogen (secondary N) is 3. The van der Waals surface area contributed by atoms with Gasteiger partial charge in [0, 0.05) is 24.2 Å². The van der Waals surface area contributed by atoms with Gasteiger partial charge in [0.2, 0.25) is 0 Å². The van der Waals surface area contributed by atoms with Gasteiger partial charge >= 0.3 is 0 Å². The van der Waals surface area contributed by atoms with Crippen LogP contribution >= 0.6 is 23.8 Å². The first-order valence-electron chi connectivity index (χ1n) is 8.99. The first-order valence-corrected chi connectivity index (χ1v) is 9.78. The Morgan fingerprint density at radius 1 is 1.18 bits per heavy atom. The van der Waals surface area contributed by atoms with Gasteiger partial charge in [0.1, 0.15) is 19.6 Å². The molecule has 1 saturated heterocycles. The summed E-state index contributed by atoms with van der Waals surface area (Å²) in [6, 6.07) is 12.6. The molecule has 0 radical (unpaired) electrons. The Bertz CT molecular complexity index is 842. The number of quaternary nitrogens is 1. The van der Waals surface area contributed by atoms with Gasteiger partial charge in [-0.15, -0.1) is 0 Å². The number of halogens is 1. The van der Waals surface area contributed by atoms with Gasteiger partial charge in [0.15, 0.2) is 5.11 Å². The minimum absolute atomic E-state index is 0.0484. The van der Waals surface area contributed by atoms with Gasteiger partial charge in [0.05, 0.1) is 28.8 Å². The second kappa shape index (κ2) is 9.79. The predicted molar refractivity (Wildman–Crippen MR) is 113 cm³/mol. The highest BCUT2D eigenvalue weighted by atomic mass is 35.5. The Balaban J connectivity index is 1.50. The molecule has 1 aliphatic rings. The van der Waals surface area contributed by atoms with Crippen LogP contribution in [0.1, 0.15) is 11.1 Å². The molecule has 3 N–H and O–H groups in total. The fourth-order valence-corrected chi connectivity index (χ4v) is 3.32. The Kier molecular flexibility index (Phi) is 7.16. The standard InChI is InChI=1S/C19H21ClN4O3S/c20-17-6-5-16(24(25)26)11-18(17)22-19(28)21-12-14-1-3-15(4-2-14)13-23-7-9-27-10-8-23/h1-6,11H,7-10,12-13H2,(H2,21,22,28)/p+1. The average molecular weight is 422 g/mol. The van der Waals surface area contributed by atoms with Crippen molar-refractivity contribution in [1.82, 2.24) is 5.32 Å². The number of thiocarbonyl (C=S) groups is 1. The van der Waals surface area contributed by atoms with Crippen molar-refractivity contribution in [2.45, 2.75) is 13.1 Å². The van der Waals surface area contributed by atoms with E-state index in [1.165, 1.54) is 28.7 Å². The minimum atomic E-state index is -0.474. The van der Waals surface area contributed by atoms with Crippen LogP contribution in [0.5, 0.6) is 0 Å². The molecule has 2 aromatic rings. The van der Waals surface area contributed by atoms with Crippen LogP contribution in [0.4, 0.5) is 11.4 Å². The van der Waals surface area contributed by atoms with Gasteiger partial charge in [-0.1, -0.05) is 35.9 Å². The fraction of sp³-hybridized carbons (Fsp3) is 0.316. The first kappa shape index (κ1) is 20.5. The van der Waals surface area contributed by atoms with Crippen molar-refractivity contribution in [3.63, 3.8) is 0 Å². The van der Waals surface area contributed by atoms with E-state index in [1.54, 1.807) is 0 Å². The minimum Gasteiger partial charge on any atom is -0.370 e. The SMILES string of the molecule is O=[N+]([O-])c1ccc(Cl)c(NC(=S)NCc2ccc(C[NH+]3CCOCC3)cc2)c1. The molecule has 0 saturated carbocycles. The van der Waals surface area contributed by atoms with E-state index in [-0.39, 0.29) is 5.69 Å². The zero-order valence-corrected chi connectivity index (χ0v) is 16.8. The maximum absolute atomic E-state index is 10.9. The van der Waals surface area contributed by atoms with Crippen LogP contribution in [0, 0.1) is 10.1 Å². The van der Waals surface area contributed by atoms with Gasteiger partial charge in [-0.3, -0.25) is 10.1 Å². The Morgan fingerprint density at radius 3 is 2.54 bits per heavy atom. The summed E-state index contributed by atoms with van der Waals surface area (Å²) in [7, 11) is 0. The normalized spacial score (nSPS) is 14.5. The summed E-state index contributed by atoms with van der Waals surface area (Å²) in [6.07, 6.45) is 0. The van der Waals surface area contributed by atoms with Gasteiger partial charge in [-0.05, 0) is 23.8 Å². The van der Waals surface area contributed by atoms with E-state index in [0.29, 0.717) is 22.4 Å². The second-order valence-corrected chi connectivity index (χ2v) is 7.40. The van der Waals surface area contributed by atoms with Gasteiger partial charge < -0.3 is 20.3 Å². The monoisotopic (exact) mass is 421 g/mol. The van der Waals surface area contributed by atoms with Gasteiger partial charge in [0.25, 0.3) is 5.69 Å². The number of hydrogen-bond donors (Lipinski definition) is 3. The number of ether oxygens (including phenoxy) is 1. The summed E-state index contributed by atoms with van der Waals surface area (Å²) in [5.74, 6) is 0. The predicted octanol–water partition coefficient (Wildman–Crippen LogP) is 2.15. The van der Waals surface area contributed by atoms with Crippen LogP contribution in [-0.2, 0) is 17.8 Å². The molecule has 1 aliphatic heterocycles. The van der Waals surface area contributed by atoms with Crippen LogP contribution in [0.15, 0.2) is 42.5 Å². The molecule has 148 valence electrons. The Labute approximate surface area is 173 Å². The number of rotatable bonds is 6. The zero-order valence-electron chi connectivity index (χ0n) is 15.2. The van der Waals surface area contributed by atoms with Crippen molar-refractivity contribution in [3.8, 4) is 0 Å². The average Bonchev–Trinajstić information content (AvgIpc) is 2.70. The van der Waals surface area contributed by atoms with Crippen LogP contribution in [0.3, 0.4) is 0 Å². The van der Waals surface area contributed by atoms with E-state index < -0.39 is 4.92 Å². The summed E-state index contributed by atoms with van der Waals surface area (Å²) < 4.78 is 5.39. The molecule has 0 aliphatic carbocycles. The van der Waals surface area contributed by atoms with Crippen molar-refractivity contribution in [3.05, 3.63) is 68.7 Å². The summed E-state index contributed by atoms with van der Waals surface area (Å²) in [4.78, 5) is 12.0. The third kappa shape index (κ3) is 5.87. The van der Waals surface area contributed by atoms with Crippen molar-refractivity contribution < 1.29 is 14.6 Å². The number of nitro groups is 1. The van der Waals surface area contributed by atoms with Crippen molar-refractivity contribution in [1.29, 1.82) is 0 Å². The molecule has 0 spiro atoms. The van der Waals surface area contributed by atoms with E-state index in [9.17, 15) is 10.1 Å². The molecule has 2 aromatic carbocycles. The molecule has 0 atom stereocenters. The third-order valence-corrected chi connectivity index (χ3v) is 5.12. The number of nitrogens with zero attached hydrogens (tertiary/aromatic N) is 1. The topological polar surface area (TPSA) is 80.9 Å². The van der Waals surface area contributed by atoms with Crippen LogP contribution < -0.4 is 15.5 Å². The zero-order chi connectivity index (χ0) is 19.9. The lowest BCUT2D eigenvalue weighted by atomic mass is 10.1. The van der Waals surface area contributed by atoms with E-state index in [4.69, 9.17) is 28.6 Å². The number of non-ortho nitro benzene ring substituents is 1. The molecule has 0 amide bonds. The highest BCUT2D eigenvalue weighted by molar-refractivity contribution is 7.80. The van der Waals surface area contributed by atoms with Crippen molar-refractivity contribution >= 4 is 40.3 Å². The van der Waals surface area contributed by atoms with Crippen LogP contribution in [-0.4, -0.2) is 36.3 Å². The Hall–Kier alpha value is -2.26. The number of hydrogen-bond acceptors (Lipinski definition) is 4. The summed E-state index contributed by atoms with van der Waals surface area (Å²) in [5.41, 5.74) is 2.74. The molecule has 9 heteroatoms. The number of morpholine rings is 1. The Morgan fingerprint density at radius 2 is 1.86 bits per heavy atom. The molecule has 0 bridgehead atoms. The maximum atomic E-state index is 10.9. The number of anilines is 1. The van der Waals surface area contributed by atoms with E-state index >= 15 is 0 Å². The highest BCUT2D eigenvalue weighted by Gasteiger charge is 2.14. The van der Waals surface area contributed by atoms with Gasteiger partial charge in [-0.2, -0.15) is 0 Å².